The molecule has 0 bridgehead atoms. The number of carbonyl (C=O) groups excluding carboxylic acids is 1. The van der Waals surface area contributed by atoms with Gasteiger partial charge in [-0.05, 0) is 50.8 Å². The van der Waals surface area contributed by atoms with Crippen LogP contribution in [-0.4, -0.2) is 30.9 Å². The van der Waals surface area contributed by atoms with Crippen molar-refractivity contribution in [3.05, 3.63) is 35.9 Å². The van der Waals surface area contributed by atoms with Crippen molar-refractivity contribution in [1.29, 1.82) is 0 Å². The molecule has 1 aliphatic rings. The summed E-state index contributed by atoms with van der Waals surface area (Å²) >= 11 is 0. The van der Waals surface area contributed by atoms with Crippen molar-refractivity contribution in [2.24, 2.45) is 5.92 Å². The van der Waals surface area contributed by atoms with E-state index in [4.69, 9.17) is 0 Å². The number of hydrogen-bond donors (Lipinski definition) is 1. The lowest BCUT2D eigenvalue weighted by atomic mass is 9.87. The zero-order chi connectivity index (χ0) is 15.1. The molecule has 1 saturated heterocycles. The van der Waals surface area contributed by atoms with E-state index in [-0.39, 0.29) is 6.04 Å². The monoisotopic (exact) mass is 288 g/mol. The summed E-state index contributed by atoms with van der Waals surface area (Å²) in [4.78, 5) is 13.4. The van der Waals surface area contributed by atoms with Gasteiger partial charge < -0.3 is 10.2 Å². The van der Waals surface area contributed by atoms with Gasteiger partial charge in [0.05, 0.1) is 6.04 Å². The summed E-state index contributed by atoms with van der Waals surface area (Å²) in [5.41, 5.74) is 1.20. The van der Waals surface area contributed by atoms with Crippen molar-refractivity contribution < 1.29 is 4.79 Å². The molecule has 0 radical (unpaired) electrons. The molecule has 1 N–H and O–H groups in total. The Bertz CT molecular complexity index is 420. The molecule has 1 amide bonds. The molecule has 3 heteroatoms. The number of amides is 1. The van der Waals surface area contributed by atoms with Crippen LogP contribution in [0.25, 0.3) is 0 Å². The molecule has 0 saturated carbocycles. The summed E-state index contributed by atoms with van der Waals surface area (Å²) in [6.07, 6.45) is 6.99. The Balaban J connectivity index is 1.90. The summed E-state index contributed by atoms with van der Waals surface area (Å²) < 4.78 is 0. The maximum Gasteiger partial charge on any atom is 0.207 e. The average Bonchev–Trinajstić information content (AvgIpc) is 2.52. The first kappa shape index (κ1) is 16.0. The first-order valence-corrected chi connectivity index (χ1v) is 8.17. The van der Waals surface area contributed by atoms with Crippen LogP contribution >= 0.6 is 0 Å². The fourth-order valence-electron chi connectivity index (χ4n) is 3.56. The average molecular weight is 288 g/mol. The van der Waals surface area contributed by atoms with Crippen LogP contribution in [0.4, 0.5) is 0 Å². The second-order valence-corrected chi connectivity index (χ2v) is 6.35. The minimum absolute atomic E-state index is 0.139. The van der Waals surface area contributed by atoms with Crippen LogP contribution in [0.15, 0.2) is 30.3 Å². The lowest BCUT2D eigenvalue weighted by Gasteiger charge is -2.37. The Morgan fingerprint density at radius 2 is 2.05 bits per heavy atom. The Hall–Kier alpha value is -1.35. The summed E-state index contributed by atoms with van der Waals surface area (Å²) in [5, 5.41) is 2.97. The quantitative estimate of drug-likeness (QED) is 0.780. The van der Waals surface area contributed by atoms with Crippen molar-refractivity contribution >= 4 is 6.41 Å². The van der Waals surface area contributed by atoms with Gasteiger partial charge in [0.15, 0.2) is 0 Å². The number of carbonyl (C=O) groups is 1. The van der Waals surface area contributed by atoms with E-state index in [1.807, 2.05) is 18.2 Å². The number of likely N-dealkylation sites (tertiary alicyclic amines) is 1. The zero-order valence-electron chi connectivity index (χ0n) is 13.3. The lowest BCUT2D eigenvalue weighted by molar-refractivity contribution is -0.110. The van der Waals surface area contributed by atoms with E-state index in [0.717, 1.165) is 19.3 Å². The highest BCUT2D eigenvalue weighted by Gasteiger charge is 2.25. The zero-order valence-corrected chi connectivity index (χ0v) is 13.3. The summed E-state index contributed by atoms with van der Waals surface area (Å²) in [6, 6.07) is 11.1. The van der Waals surface area contributed by atoms with Crippen molar-refractivity contribution in [2.45, 2.75) is 51.1 Å². The Kier molecular flexibility index (Phi) is 6.24. The van der Waals surface area contributed by atoms with Crippen molar-refractivity contribution in [3.63, 3.8) is 0 Å². The van der Waals surface area contributed by atoms with Gasteiger partial charge in [-0.2, -0.15) is 0 Å². The molecule has 3 nitrogen and oxygen atoms in total. The molecule has 3 unspecified atom stereocenters. The van der Waals surface area contributed by atoms with Gasteiger partial charge in [0.1, 0.15) is 0 Å². The van der Waals surface area contributed by atoms with Crippen LogP contribution in [0.2, 0.25) is 0 Å². The lowest BCUT2D eigenvalue weighted by Crippen LogP contribution is -2.40. The molecular formula is C18H28N2O. The molecule has 0 aliphatic carbocycles. The standard InChI is InChI=1S/C18H28N2O/c1-15(18-10-6-7-13-20(18)2)11-12-17(19-14-21)16-8-4-3-5-9-16/h3-5,8-9,14-15,17-18H,6-7,10-13H2,1-2H3,(H,19,21). The molecular weight excluding hydrogens is 260 g/mol. The third-order valence-electron chi connectivity index (χ3n) is 4.87. The largest absolute Gasteiger partial charge is 0.352 e. The minimum Gasteiger partial charge on any atom is -0.352 e. The molecule has 1 aromatic rings. The molecule has 1 fully saturated rings. The van der Waals surface area contributed by atoms with Gasteiger partial charge in [-0.25, -0.2) is 0 Å². The molecule has 116 valence electrons. The van der Waals surface area contributed by atoms with E-state index in [1.165, 1.54) is 31.4 Å². The van der Waals surface area contributed by atoms with Crippen molar-refractivity contribution in [1.82, 2.24) is 10.2 Å². The number of benzene rings is 1. The van der Waals surface area contributed by atoms with Crippen LogP contribution in [0.3, 0.4) is 0 Å². The van der Waals surface area contributed by atoms with E-state index in [9.17, 15) is 4.79 Å². The maximum absolute atomic E-state index is 10.9. The number of nitrogens with zero attached hydrogens (tertiary/aromatic N) is 1. The normalized spacial score (nSPS) is 22.5. The molecule has 0 spiro atoms. The molecule has 2 rings (SSSR count). The first-order chi connectivity index (χ1) is 10.2. The van der Waals surface area contributed by atoms with Crippen LogP contribution in [0.1, 0.15) is 50.6 Å². The molecule has 1 heterocycles. The van der Waals surface area contributed by atoms with Crippen LogP contribution in [-0.2, 0) is 4.79 Å². The highest BCUT2D eigenvalue weighted by molar-refractivity contribution is 5.47. The smallest absolute Gasteiger partial charge is 0.207 e. The third-order valence-corrected chi connectivity index (χ3v) is 4.87. The van der Waals surface area contributed by atoms with E-state index >= 15 is 0 Å². The van der Waals surface area contributed by atoms with Gasteiger partial charge >= 0.3 is 0 Å². The van der Waals surface area contributed by atoms with Crippen LogP contribution in [0.5, 0.6) is 0 Å². The van der Waals surface area contributed by atoms with Gasteiger partial charge in [0.25, 0.3) is 0 Å². The van der Waals surface area contributed by atoms with E-state index in [1.54, 1.807) is 0 Å². The highest BCUT2D eigenvalue weighted by Crippen LogP contribution is 2.27. The Labute approximate surface area is 128 Å². The predicted molar refractivity (Wildman–Crippen MR) is 87.0 cm³/mol. The SMILES string of the molecule is CC(CCC(NC=O)c1ccccc1)C1CCCCN1C. The first-order valence-electron chi connectivity index (χ1n) is 8.17. The molecule has 1 aliphatic heterocycles. The highest BCUT2D eigenvalue weighted by atomic mass is 16.1. The van der Waals surface area contributed by atoms with Gasteiger partial charge in [-0.3, -0.25) is 4.79 Å². The molecule has 0 aromatic heterocycles. The minimum atomic E-state index is 0.139. The predicted octanol–water partition coefficient (Wildman–Crippen LogP) is 3.37. The van der Waals surface area contributed by atoms with Crippen molar-refractivity contribution in [3.8, 4) is 0 Å². The fraction of sp³-hybridized carbons (Fsp3) is 0.611. The van der Waals surface area contributed by atoms with Crippen LogP contribution < -0.4 is 5.32 Å². The molecule has 1 aromatic carbocycles. The van der Waals surface area contributed by atoms with Gasteiger partial charge in [0.2, 0.25) is 6.41 Å². The third kappa shape index (κ3) is 4.57. The summed E-state index contributed by atoms with van der Waals surface area (Å²) in [6.45, 7) is 3.58. The number of hydrogen-bond acceptors (Lipinski definition) is 2. The maximum atomic E-state index is 10.9. The second-order valence-electron chi connectivity index (χ2n) is 6.35. The summed E-state index contributed by atoms with van der Waals surface area (Å²) in [7, 11) is 2.25. The Morgan fingerprint density at radius 3 is 2.71 bits per heavy atom. The number of rotatable bonds is 7. The number of nitrogens with one attached hydrogen (secondary N) is 1. The van der Waals surface area contributed by atoms with E-state index in [2.05, 4.69) is 36.3 Å². The van der Waals surface area contributed by atoms with E-state index in [0.29, 0.717) is 12.0 Å². The molecule has 21 heavy (non-hydrogen) atoms. The van der Waals surface area contributed by atoms with Gasteiger partial charge in [-0.15, -0.1) is 0 Å². The van der Waals surface area contributed by atoms with Crippen molar-refractivity contribution in [2.75, 3.05) is 13.6 Å². The van der Waals surface area contributed by atoms with Crippen LogP contribution in [0, 0.1) is 5.92 Å². The summed E-state index contributed by atoms with van der Waals surface area (Å²) in [5.74, 6) is 0.676. The molecule has 3 atom stereocenters. The van der Waals surface area contributed by atoms with Gasteiger partial charge in [-0.1, -0.05) is 43.7 Å². The van der Waals surface area contributed by atoms with Gasteiger partial charge in [0, 0.05) is 6.04 Å². The topological polar surface area (TPSA) is 32.3 Å². The fourth-order valence-corrected chi connectivity index (χ4v) is 3.56. The second kappa shape index (κ2) is 8.18. The Morgan fingerprint density at radius 1 is 1.29 bits per heavy atom. The number of piperidine rings is 1. The van der Waals surface area contributed by atoms with E-state index < -0.39 is 0 Å².